The summed E-state index contributed by atoms with van der Waals surface area (Å²) in [6.45, 7) is 5.28. The number of halogens is 2. The van der Waals surface area contributed by atoms with Crippen LogP contribution in [0.4, 0.5) is 0 Å². The van der Waals surface area contributed by atoms with Gasteiger partial charge in [-0.1, -0.05) is 23.2 Å². The predicted molar refractivity (Wildman–Crippen MR) is 119 cm³/mol. The maximum absolute atomic E-state index is 12.4. The van der Waals surface area contributed by atoms with Crippen molar-refractivity contribution in [2.75, 3.05) is 26.2 Å². The average Bonchev–Trinajstić information content (AvgIpc) is 3.04. The Hall–Kier alpha value is -0.940. The zero-order valence-corrected chi connectivity index (χ0v) is 19.9. The van der Waals surface area contributed by atoms with Gasteiger partial charge in [-0.25, -0.2) is 18.1 Å². The van der Waals surface area contributed by atoms with Crippen LogP contribution in [0, 0.1) is 13.8 Å². The Balaban J connectivity index is 1.43. The van der Waals surface area contributed by atoms with Crippen molar-refractivity contribution in [1.82, 2.24) is 14.6 Å². The number of nitrogens with zero attached hydrogens (tertiary/aromatic N) is 2. The lowest BCUT2D eigenvalue weighted by Gasteiger charge is -2.33. The second-order valence-electron chi connectivity index (χ2n) is 7.31. The van der Waals surface area contributed by atoms with Gasteiger partial charge in [0, 0.05) is 32.2 Å². The van der Waals surface area contributed by atoms with Crippen LogP contribution < -0.4 is 9.46 Å². The number of aromatic nitrogens is 1. The zero-order chi connectivity index (χ0) is 21.9. The third kappa shape index (κ3) is 6.29. The molecule has 1 atom stereocenters. The van der Waals surface area contributed by atoms with Gasteiger partial charge in [-0.3, -0.25) is 0 Å². The van der Waals surface area contributed by atoms with Gasteiger partial charge in [0.25, 0.3) is 10.0 Å². The van der Waals surface area contributed by atoms with Crippen LogP contribution in [0.5, 0.6) is 5.75 Å². The number of hydrogen-bond donors (Lipinski definition) is 2. The summed E-state index contributed by atoms with van der Waals surface area (Å²) < 4.78 is 33.5. The van der Waals surface area contributed by atoms with Crippen molar-refractivity contribution < 1.29 is 18.3 Å². The van der Waals surface area contributed by atoms with Crippen molar-refractivity contribution in [3.8, 4) is 5.75 Å². The molecule has 1 aliphatic heterocycles. The SMILES string of the molecule is Cc1nc(C)c(S(=O)(=O)NCC(O)CN2CCC(Oc3ccc(Cl)c(Cl)c3)CC2)s1. The Morgan fingerprint density at radius 1 is 1.30 bits per heavy atom. The van der Waals surface area contributed by atoms with E-state index in [0.717, 1.165) is 37.3 Å². The molecule has 166 valence electrons. The maximum Gasteiger partial charge on any atom is 0.252 e. The molecule has 2 N–H and O–H groups in total. The predicted octanol–water partition coefficient (Wildman–Crippen LogP) is 3.25. The molecule has 3 rings (SSSR count). The molecule has 0 radical (unpaired) electrons. The van der Waals surface area contributed by atoms with E-state index in [1.165, 1.54) is 0 Å². The highest BCUT2D eigenvalue weighted by Crippen LogP contribution is 2.28. The summed E-state index contributed by atoms with van der Waals surface area (Å²) in [4.78, 5) is 6.25. The summed E-state index contributed by atoms with van der Waals surface area (Å²) in [7, 11) is -3.67. The number of likely N-dealkylation sites (tertiary alicyclic amines) is 1. The molecule has 1 fully saturated rings. The van der Waals surface area contributed by atoms with Crippen LogP contribution in [0.2, 0.25) is 10.0 Å². The molecule has 1 unspecified atom stereocenters. The number of aliphatic hydroxyl groups is 1. The van der Waals surface area contributed by atoms with Crippen molar-refractivity contribution >= 4 is 44.6 Å². The van der Waals surface area contributed by atoms with Crippen molar-refractivity contribution in [1.29, 1.82) is 0 Å². The van der Waals surface area contributed by atoms with Crippen molar-refractivity contribution in [3.05, 3.63) is 38.9 Å². The minimum absolute atomic E-state index is 0.0432. The van der Waals surface area contributed by atoms with E-state index in [2.05, 4.69) is 14.6 Å². The lowest BCUT2D eigenvalue weighted by molar-refractivity contribution is 0.0630. The van der Waals surface area contributed by atoms with Gasteiger partial charge in [-0.15, -0.1) is 11.3 Å². The molecule has 1 saturated heterocycles. The van der Waals surface area contributed by atoms with E-state index in [9.17, 15) is 13.5 Å². The topological polar surface area (TPSA) is 91.8 Å². The number of piperidine rings is 1. The molecule has 0 saturated carbocycles. The first-order chi connectivity index (χ1) is 14.1. The Labute approximate surface area is 191 Å². The summed E-state index contributed by atoms with van der Waals surface area (Å²) >= 11 is 13.1. The fraction of sp³-hybridized carbons (Fsp3) is 0.526. The normalized spacial score (nSPS) is 17.2. The molecule has 0 spiro atoms. The number of thiazole rings is 1. The van der Waals surface area contributed by atoms with E-state index < -0.39 is 16.1 Å². The van der Waals surface area contributed by atoms with Gasteiger partial charge in [-0.2, -0.15) is 0 Å². The van der Waals surface area contributed by atoms with Gasteiger partial charge in [0.1, 0.15) is 11.9 Å². The van der Waals surface area contributed by atoms with Gasteiger partial charge in [0.05, 0.1) is 26.9 Å². The quantitative estimate of drug-likeness (QED) is 0.586. The number of ether oxygens (including phenoxy) is 1. The van der Waals surface area contributed by atoms with Gasteiger partial charge in [0.2, 0.25) is 0 Å². The number of β-amino-alcohol motifs (C(OH)–C–C–N with tert-alkyl or cyclic N) is 1. The van der Waals surface area contributed by atoms with Gasteiger partial charge in [-0.05, 0) is 38.8 Å². The Morgan fingerprint density at radius 2 is 2.00 bits per heavy atom. The molecular weight excluding hydrogens is 469 g/mol. The molecule has 0 aliphatic carbocycles. The molecule has 30 heavy (non-hydrogen) atoms. The highest BCUT2D eigenvalue weighted by Gasteiger charge is 2.25. The Morgan fingerprint density at radius 3 is 2.60 bits per heavy atom. The fourth-order valence-corrected chi connectivity index (χ4v) is 6.24. The molecule has 0 bridgehead atoms. The van der Waals surface area contributed by atoms with Crippen LogP contribution in [0.25, 0.3) is 0 Å². The maximum atomic E-state index is 12.4. The van der Waals surface area contributed by atoms with Crippen LogP contribution in [0.1, 0.15) is 23.5 Å². The first kappa shape index (κ1) is 23.7. The molecule has 0 amide bonds. The number of hydrogen-bond acceptors (Lipinski definition) is 7. The molecule has 1 aromatic carbocycles. The summed E-state index contributed by atoms with van der Waals surface area (Å²) in [5.74, 6) is 0.686. The monoisotopic (exact) mass is 493 g/mol. The molecule has 2 heterocycles. The standard InChI is InChI=1S/C19H25Cl2N3O4S2/c1-12-19(29-13(2)23-12)30(26,27)22-10-14(25)11-24-7-5-15(6-8-24)28-16-3-4-17(20)18(21)9-16/h3-4,9,14-15,22,25H,5-8,10-11H2,1-2H3. The Kier molecular flexibility index (Phi) is 8.00. The van der Waals surface area contributed by atoms with Crippen LogP contribution in [-0.2, 0) is 10.0 Å². The van der Waals surface area contributed by atoms with Crippen LogP contribution in [0.3, 0.4) is 0 Å². The molecule has 1 aromatic heterocycles. The molecule has 2 aromatic rings. The number of aryl methyl sites for hydroxylation is 2. The minimum atomic E-state index is -3.67. The second-order valence-corrected chi connectivity index (χ2v) is 11.3. The second kappa shape index (κ2) is 10.1. The van der Waals surface area contributed by atoms with E-state index in [1.54, 1.807) is 32.0 Å². The number of nitrogens with one attached hydrogen (secondary N) is 1. The van der Waals surface area contributed by atoms with Crippen molar-refractivity contribution in [3.63, 3.8) is 0 Å². The highest BCUT2D eigenvalue weighted by atomic mass is 35.5. The fourth-order valence-electron chi connectivity index (χ4n) is 3.35. The first-order valence-electron chi connectivity index (χ1n) is 9.60. The third-order valence-electron chi connectivity index (χ3n) is 4.81. The summed E-state index contributed by atoms with van der Waals surface area (Å²) in [6, 6.07) is 5.21. The van der Waals surface area contributed by atoms with Gasteiger partial charge in [0.15, 0.2) is 4.21 Å². The molecule has 7 nitrogen and oxygen atoms in total. The average molecular weight is 494 g/mol. The zero-order valence-electron chi connectivity index (χ0n) is 16.8. The van der Waals surface area contributed by atoms with Crippen molar-refractivity contribution in [2.24, 2.45) is 0 Å². The van der Waals surface area contributed by atoms with E-state index in [1.807, 2.05) is 0 Å². The van der Waals surface area contributed by atoms with Crippen LogP contribution in [0.15, 0.2) is 22.4 Å². The lowest BCUT2D eigenvalue weighted by atomic mass is 10.1. The van der Waals surface area contributed by atoms with Gasteiger partial charge >= 0.3 is 0 Å². The summed E-state index contributed by atoms with van der Waals surface area (Å²) in [5.41, 5.74) is 0.475. The summed E-state index contributed by atoms with van der Waals surface area (Å²) in [5, 5.41) is 11.9. The van der Waals surface area contributed by atoms with Crippen molar-refractivity contribution in [2.45, 2.75) is 43.1 Å². The summed E-state index contributed by atoms with van der Waals surface area (Å²) in [6.07, 6.45) is 0.865. The number of rotatable bonds is 8. The first-order valence-corrected chi connectivity index (χ1v) is 12.7. The van der Waals surface area contributed by atoms with Crippen LogP contribution >= 0.6 is 34.5 Å². The number of benzene rings is 1. The van der Waals surface area contributed by atoms with Gasteiger partial charge < -0.3 is 14.7 Å². The van der Waals surface area contributed by atoms with E-state index in [0.29, 0.717) is 33.0 Å². The lowest BCUT2D eigenvalue weighted by Crippen LogP contribution is -2.44. The highest BCUT2D eigenvalue weighted by molar-refractivity contribution is 7.91. The third-order valence-corrected chi connectivity index (χ3v) is 8.66. The van der Waals surface area contributed by atoms with E-state index in [4.69, 9.17) is 27.9 Å². The Bertz CT molecular complexity index is 976. The van der Waals surface area contributed by atoms with Crippen LogP contribution in [-0.4, -0.2) is 61.8 Å². The van der Waals surface area contributed by atoms with E-state index in [-0.39, 0.29) is 16.9 Å². The molecule has 11 heteroatoms. The minimum Gasteiger partial charge on any atom is -0.490 e. The number of sulfonamides is 1. The molecular formula is C19H25Cl2N3O4S2. The molecule has 1 aliphatic rings. The largest absolute Gasteiger partial charge is 0.490 e. The van der Waals surface area contributed by atoms with E-state index >= 15 is 0 Å². The number of aliphatic hydroxyl groups excluding tert-OH is 1. The smallest absolute Gasteiger partial charge is 0.252 e.